The van der Waals surface area contributed by atoms with E-state index in [4.69, 9.17) is 10.5 Å². The zero-order valence-corrected chi connectivity index (χ0v) is 12.5. The molecule has 0 spiro atoms. The maximum Gasteiger partial charge on any atom is 0.239 e. The highest BCUT2D eigenvalue weighted by molar-refractivity contribution is 5.85. The summed E-state index contributed by atoms with van der Waals surface area (Å²) in [4.78, 5) is 13.8. The highest BCUT2D eigenvalue weighted by Crippen LogP contribution is 2.07. The molecular weight excluding hydrogens is 277 g/mol. The summed E-state index contributed by atoms with van der Waals surface area (Å²) in [6.45, 7) is 4.18. The first-order chi connectivity index (χ1) is 7.74. The van der Waals surface area contributed by atoms with Gasteiger partial charge >= 0.3 is 0 Å². The molecule has 1 rings (SSSR count). The minimum Gasteiger partial charge on any atom is -0.383 e. The molecule has 1 aliphatic heterocycles. The molecular formula is C11H25Cl2N3O2. The van der Waals surface area contributed by atoms with Crippen LogP contribution >= 0.6 is 24.8 Å². The maximum atomic E-state index is 11.4. The molecule has 18 heavy (non-hydrogen) atoms. The second-order valence-electron chi connectivity index (χ2n) is 4.26. The fourth-order valence-electron chi connectivity index (χ4n) is 1.91. The van der Waals surface area contributed by atoms with Crippen LogP contribution in [0.3, 0.4) is 0 Å². The Kier molecular flexibility index (Phi) is 13.5. The van der Waals surface area contributed by atoms with E-state index in [-0.39, 0.29) is 37.3 Å². The van der Waals surface area contributed by atoms with E-state index < -0.39 is 6.04 Å². The highest BCUT2D eigenvalue weighted by Gasteiger charge is 2.13. The second-order valence-corrected chi connectivity index (χ2v) is 4.26. The summed E-state index contributed by atoms with van der Waals surface area (Å²) in [7, 11) is 1.54. The number of piperidine rings is 1. The first-order valence-corrected chi connectivity index (χ1v) is 5.98. The minimum absolute atomic E-state index is 0. The zero-order valence-electron chi connectivity index (χ0n) is 10.9. The van der Waals surface area contributed by atoms with E-state index in [1.165, 1.54) is 19.3 Å². The lowest BCUT2D eigenvalue weighted by molar-refractivity contribution is -0.123. The van der Waals surface area contributed by atoms with Gasteiger partial charge in [0.1, 0.15) is 6.04 Å². The van der Waals surface area contributed by atoms with Gasteiger partial charge in [-0.1, -0.05) is 6.42 Å². The maximum absolute atomic E-state index is 11.4. The van der Waals surface area contributed by atoms with Crippen LogP contribution in [0.15, 0.2) is 0 Å². The van der Waals surface area contributed by atoms with Gasteiger partial charge in [-0.2, -0.15) is 0 Å². The van der Waals surface area contributed by atoms with Crippen LogP contribution in [0.4, 0.5) is 0 Å². The molecule has 1 amide bonds. The number of rotatable bonds is 6. The Labute approximate surface area is 122 Å². The average molecular weight is 302 g/mol. The van der Waals surface area contributed by atoms with Crippen LogP contribution in [0.2, 0.25) is 0 Å². The van der Waals surface area contributed by atoms with Gasteiger partial charge in [-0.05, 0) is 25.9 Å². The summed E-state index contributed by atoms with van der Waals surface area (Å²) in [6, 6.07) is -0.550. The third-order valence-electron chi connectivity index (χ3n) is 2.86. The number of nitrogens with two attached hydrogens (primary N) is 1. The smallest absolute Gasteiger partial charge is 0.239 e. The van der Waals surface area contributed by atoms with Crippen LogP contribution in [0, 0.1) is 0 Å². The van der Waals surface area contributed by atoms with E-state index in [1.807, 2.05) is 0 Å². The van der Waals surface area contributed by atoms with Gasteiger partial charge in [0.25, 0.3) is 0 Å². The fourth-order valence-corrected chi connectivity index (χ4v) is 1.91. The van der Waals surface area contributed by atoms with Gasteiger partial charge in [0.15, 0.2) is 0 Å². The number of methoxy groups -OCH3 is 1. The van der Waals surface area contributed by atoms with Gasteiger partial charge in [-0.25, -0.2) is 0 Å². The summed E-state index contributed by atoms with van der Waals surface area (Å²) < 4.78 is 4.82. The highest BCUT2D eigenvalue weighted by atomic mass is 35.5. The molecule has 1 atom stereocenters. The van der Waals surface area contributed by atoms with Crippen molar-refractivity contribution in [2.45, 2.75) is 25.3 Å². The van der Waals surface area contributed by atoms with Crippen LogP contribution in [-0.2, 0) is 9.53 Å². The van der Waals surface area contributed by atoms with Crippen molar-refractivity contribution in [3.63, 3.8) is 0 Å². The Morgan fingerprint density at radius 2 is 1.94 bits per heavy atom. The third kappa shape index (κ3) is 8.11. The quantitative estimate of drug-likeness (QED) is 0.745. The molecule has 7 heteroatoms. The standard InChI is InChI=1S/C11H23N3O2.2ClH/c1-16-9-10(12)11(15)13-5-8-14-6-3-2-4-7-14;;/h10H,2-9,12H2,1H3,(H,13,15);2*1H. The predicted octanol–water partition coefficient (Wildman–Crippen LogP) is 0.406. The van der Waals surface area contributed by atoms with Crippen LogP contribution in [-0.4, -0.2) is 56.7 Å². The number of hydrogen-bond acceptors (Lipinski definition) is 4. The third-order valence-corrected chi connectivity index (χ3v) is 2.86. The summed E-state index contributed by atoms with van der Waals surface area (Å²) in [5.74, 6) is -0.126. The summed E-state index contributed by atoms with van der Waals surface area (Å²) in [5, 5.41) is 2.83. The molecule has 1 unspecified atom stereocenters. The molecule has 0 aromatic carbocycles. The molecule has 1 saturated heterocycles. The number of ether oxygens (including phenoxy) is 1. The molecule has 0 saturated carbocycles. The van der Waals surface area contributed by atoms with Crippen molar-refractivity contribution in [2.75, 3.05) is 39.9 Å². The van der Waals surface area contributed by atoms with Crippen molar-refractivity contribution in [2.24, 2.45) is 5.73 Å². The van der Waals surface area contributed by atoms with Gasteiger partial charge in [-0.15, -0.1) is 24.8 Å². The number of nitrogens with one attached hydrogen (secondary N) is 1. The first kappa shape index (κ1) is 20.3. The molecule has 5 nitrogen and oxygen atoms in total. The van der Waals surface area contributed by atoms with Crippen molar-refractivity contribution < 1.29 is 9.53 Å². The van der Waals surface area contributed by atoms with Crippen molar-refractivity contribution in [1.82, 2.24) is 10.2 Å². The van der Waals surface area contributed by atoms with E-state index >= 15 is 0 Å². The SMILES string of the molecule is COCC(N)C(=O)NCCN1CCCCC1.Cl.Cl. The molecule has 0 radical (unpaired) electrons. The lowest BCUT2D eigenvalue weighted by atomic mass is 10.1. The number of halogens is 2. The average Bonchev–Trinajstić information content (AvgIpc) is 2.30. The molecule has 0 bridgehead atoms. The lowest BCUT2D eigenvalue weighted by Crippen LogP contribution is -2.46. The molecule has 0 aliphatic carbocycles. The van der Waals surface area contributed by atoms with Gasteiger partial charge in [-0.3, -0.25) is 4.79 Å². The minimum atomic E-state index is -0.550. The van der Waals surface area contributed by atoms with E-state index in [0.717, 1.165) is 19.6 Å². The Morgan fingerprint density at radius 1 is 1.33 bits per heavy atom. The number of carbonyl (C=O) groups excluding carboxylic acids is 1. The van der Waals surface area contributed by atoms with Crippen LogP contribution in [0.5, 0.6) is 0 Å². The van der Waals surface area contributed by atoms with Crippen molar-refractivity contribution >= 4 is 30.7 Å². The van der Waals surface area contributed by atoms with E-state index in [9.17, 15) is 4.79 Å². The number of likely N-dealkylation sites (tertiary alicyclic amines) is 1. The molecule has 1 heterocycles. The number of carbonyl (C=O) groups is 1. The Bertz CT molecular complexity index is 214. The van der Waals surface area contributed by atoms with E-state index in [0.29, 0.717) is 6.54 Å². The van der Waals surface area contributed by atoms with Gasteiger partial charge in [0, 0.05) is 20.2 Å². The molecule has 0 aromatic heterocycles. The van der Waals surface area contributed by atoms with Gasteiger partial charge in [0.2, 0.25) is 5.91 Å². The van der Waals surface area contributed by atoms with Gasteiger partial charge < -0.3 is 20.7 Å². The van der Waals surface area contributed by atoms with E-state index in [2.05, 4.69) is 10.2 Å². The molecule has 3 N–H and O–H groups in total. The summed E-state index contributed by atoms with van der Waals surface area (Å²) in [5.41, 5.74) is 5.60. The lowest BCUT2D eigenvalue weighted by Gasteiger charge is -2.26. The molecule has 1 fully saturated rings. The van der Waals surface area contributed by atoms with Crippen molar-refractivity contribution in [3.05, 3.63) is 0 Å². The van der Waals surface area contributed by atoms with E-state index in [1.54, 1.807) is 7.11 Å². The van der Waals surface area contributed by atoms with Gasteiger partial charge in [0.05, 0.1) is 6.61 Å². The molecule has 0 aromatic rings. The van der Waals surface area contributed by atoms with Crippen LogP contribution in [0.1, 0.15) is 19.3 Å². The van der Waals surface area contributed by atoms with Crippen LogP contribution < -0.4 is 11.1 Å². The monoisotopic (exact) mass is 301 g/mol. The van der Waals surface area contributed by atoms with Crippen molar-refractivity contribution in [3.8, 4) is 0 Å². The Hall–Kier alpha value is -0.0700. The first-order valence-electron chi connectivity index (χ1n) is 5.98. The zero-order chi connectivity index (χ0) is 11.8. The molecule has 1 aliphatic rings. The van der Waals surface area contributed by atoms with Crippen molar-refractivity contribution in [1.29, 1.82) is 0 Å². The number of amides is 1. The second kappa shape index (κ2) is 12.0. The molecule has 110 valence electrons. The Balaban J connectivity index is 0. The largest absolute Gasteiger partial charge is 0.383 e. The number of nitrogens with zero attached hydrogens (tertiary/aromatic N) is 1. The fraction of sp³-hybridized carbons (Fsp3) is 0.909. The summed E-state index contributed by atoms with van der Waals surface area (Å²) >= 11 is 0. The predicted molar refractivity (Wildman–Crippen MR) is 77.6 cm³/mol. The normalized spacial score (nSPS) is 17.2. The summed E-state index contributed by atoms with van der Waals surface area (Å²) in [6.07, 6.45) is 3.88. The topological polar surface area (TPSA) is 67.6 Å². The van der Waals surface area contributed by atoms with Crippen LogP contribution in [0.25, 0.3) is 0 Å². The Morgan fingerprint density at radius 3 is 2.50 bits per heavy atom. The number of hydrogen-bond donors (Lipinski definition) is 2.